The van der Waals surface area contributed by atoms with Crippen LogP contribution in [0.3, 0.4) is 0 Å². The molecule has 2 aromatic carbocycles. The normalized spacial score (nSPS) is 16.1. The molecule has 0 unspecified atom stereocenters. The number of urea groups is 1. The smallest absolute Gasteiger partial charge is 0.322 e. The van der Waals surface area contributed by atoms with Gasteiger partial charge in [-0.2, -0.15) is 0 Å². The highest BCUT2D eigenvalue weighted by molar-refractivity contribution is 6.04. The number of carbonyl (C=O) groups is 2. The number of imidazole rings is 1. The number of hydrogen-bond donors (Lipinski definition) is 2. The largest absolute Gasteiger partial charge is 0.497 e. The van der Waals surface area contributed by atoms with Crippen LogP contribution < -0.4 is 20.1 Å². The van der Waals surface area contributed by atoms with Crippen molar-refractivity contribution < 1.29 is 19.1 Å². The Balaban J connectivity index is 1.41. The summed E-state index contributed by atoms with van der Waals surface area (Å²) in [5.74, 6) is 1.99. The average Bonchev–Trinajstić information content (AvgIpc) is 3.19. The van der Waals surface area contributed by atoms with Crippen LogP contribution in [0.5, 0.6) is 11.5 Å². The molecule has 0 bridgehead atoms. The van der Waals surface area contributed by atoms with Crippen molar-refractivity contribution in [3.8, 4) is 11.5 Å². The molecule has 1 aliphatic heterocycles. The summed E-state index contributed by atoms with van der Waals surface area (Å²) in [5.41, 5.74) is 2.80. The molecule has 8 nitrogen and oxygen atoms in total. The molecule has 0 aliphatic carbocycles. The predicted molar refractivity (Wildman–Crippen MR) is 102 cm³/mol. The maximum absolute atomic E-state index is 11.6. The predicted octanol–water partition coefficient (Wildman–Crippen LogP) is 1.91. The van der Waals surface area contributed by atoms with Crippen LogP contribution in [-0.4, -0.2) is 34.6 Å². The zero-order chi connectivity index (χ0) is 19.7. The third kappa shape index (κ3) is 3.48. The van der Waals surface area contributed by atoms with E-state index in [1.54, 1.807) is 7.11 Å². The number of hydrogen-bond acceptors (Lipinski definition) is 5. The van der Waals surface area contributed by atoms with Crippen LogP contribution in [0.2, 0.25) is 0 Å². The monoisotopic (exact) mass is 380 g/mol. The molecular formula is C20H20N4O4. The van der Waals surface area contributed by atoms with Gasteiger partial charge >= 0.3 is 6.03 Å². The highest BCUT2D eigenvalue weighted by atomic mass is 16.5. The molecule has 2 heterocycles. The maximum atomic E-state index is 11.6. The van der Waals surface area contributed by atoms with E-state index in [2.05, 4.69) is 15.6 Å². The van der Waals surface area contributed by atoms with Crippen LogP contribution in [0.25, 0.3) is 11.0 Å². The van der Waals surface area contributed by atoms with Crippen LogP contribution in [0.4, 0.5) is 4.79 Å². The Morgan fingerprint density at radius 3 is 2.54 bits per heavy atom. The van der Waals surface area contributed by atoms with Gasteiger partial charge in [-0.1, -0.05) is 12.1 Å². The minimum atomic E-state index is -0.531. The van der Waals surface area contributed by atoms with Gasteiger partial charge in [0.25, 0.3) is 5.91 Å². The standard InChI is InChI=1S/C20H20N4O4/c1-24-17-10-14(27-2)7-8-15(17)21-18(24)11-28-13-5-3-12(4-6-13)9-16-19(25)23-20(26)22-16/h3-8,10,16H,9,11H2,1-2H3,(H2,22,23,25,26)/t16-/m1/s1. The van der Waals surface area contributed by atoms with Gasteiger partial charge in [-0.15, -0.1) is 0 Å². The number of ether oxygens (including phenoxy) is 2. The zero-order valence-corrected chi connectivity index (χ0v) is 15.6. The molecule has 4 rings (SSSR count). The number of methoxy groups -OCH3 is 1. The Kier molecular flexibility index (Phi) is 4.60. The van der Waals surface area contributed by atoms with Crippen molar-refractivity contribution in [3.63, 3.8) is 0 Å². The summed E-state index contributed by atoms with van der Waals surface area (Å²) < 4.78 is 13.1. The number of rotatable bonds is 6. The van der Waals surface area contributed by atoms with E-state index in [0.717, 1.165) is 28.2 Å². The summed E-state index contributed by atoms with van der Waals surface area (Å²) >= 11 is 0. The van der Waals surface area contributed by atoms with E-state index >= 15 is 0 Å². The second-order valence-electron chi connectivity index (χ2n) is 6.59. The van der Waals surface area contributed by atoms with Crippen LogP contribution in [0.15, 0.2) is 42.5 Å². The molecule has 1 aliphatic rings. The molecule has 3 aromatic rings. The summed E-state index contributed by atoms with van der Waals surface area (Å²) in [6, 6.07) is 12.2. The summed E-state index contributed by atoms with van der Waals surface area (Å²) in [7, 11) is 3.58. The van der Waals surface area contributed by atoms with Crippen molar-refractivity contribution in [1.82, 2.24) is 20.2 Å². The van der Waals surface area contributed by atoms with Gasteiger partial charge in [0, 0.05) is 19.5 Å². The van der Waals surface area contributed by atoms with Crippen molar-refractivity contribution in [2.24, 2.45) is 7.05 Å². The fourth-order valence-electron chi connectivity index (χ4n) is 3.18. The van der Waals surface area contributed by atoms with E-state index in [9.17, 15) is 9.59 Å². The lowest BCUT2D eigenvalue weighted by Gasteiger charge is -2.09. The first kappa shape index (κ1) is 17.8. The molecule has 8 heteroatoms. The van der Waals surface area contributed by atoms with Gasteiger partial charge in [0.15, 0.2) is 0 Å². The molecule has 0 saturated carbocycles. The summed E-state index contributed by atoms with van der Waals surface area (Å²) in [6.45, 7) is 0.327. The van der Waals surface area contributed by atoms with Crippen molar-refractivity contribution in [2.45, 2.75) is 19.1 Å². The number of aryl methyl sites for hydroxylation is 1. The average molecular weight is 380 g/mol. The number of fused-ring (bicyclic) bond motifs is 1. The fraction of sp³-hybridized carbons (Fsp3) is 0.250. The Morgan fingerprint density at radius 1 is 1.11 bits per heavy atom. The van der Waals surface area contributed by atoms with Gasteiger partial charge in [-0.05, 0) is 29.8 Å². The van der Waals surface area contributed by atoms with E-state index in [4.69, 9.17) is 9.47 Å². The lowest BCUT2D eigenvalue weighted by atomic mass is 10.1. The molecule has 0 spiro atoms. The molecule has 0 radical (unpaired) electrons. The SMILES string of the molecule is COc1ccc2nc(COc3ccc(C[C@H]4NC(=O)NC4=O)cc3)n(C)c2c1. The first-order valence-corrected chi connectivity index (χ1v) is 8.86. The number of benzene rings is 2. The third-order valence-corrected chi connectivity index (χ3v) is 4.77. The quantitative estimate of drug-likeness (QED) is 0.637. The number of imide groups is 1. The molecule has 1 saturated heterocycles. The maximum Gasteiger partial charge on any atom is 0.322 e. The minimum Gasteiger partial charge on any atom is -0.497 e. The molecule has 2 N–H and O–H groups in total. The van der Waals surface area contributed by atoms with Crippen molar-refractivity contribution in [1.29, 1.82) is 0 Å². The zero-order valence-electron chi connectivity index (χ0n) is 15.6. The lowest BCUT2D eigenvalue weighted by Crippen LogP contribution is -2.31. The van der Waals surface area contributed by atoms with Crippen molar-refractivity contribution in [3.05, 3.63) is 53.9 Å². The molecular weight excluding hydrogens is 360 g/mol. The number of nitrogens with zero attached hydrogens (tertiary/aromatic N) is 2. The van der Waals surface area contributed by atoms with Crippen LogP contribution in [-0.2, 0) is 24.9 Å². The number of nitrogens with one attached hydrogen (secondary N) is 2. The molecule has 3 amide bonds. The van der Waals surface area contributed by atoms with E-state index in [0.29, 0.717) is 18.8 Å². The van der Waals surface area contributed by atoms with E-state index in [1.807, 2.05) is 54.1 Å². The van der Waals surface area contributed by atoms with E-state index in [1.165, 1.54) is 0 Å². The molecule has 1 fully saturated rings. The summed E-state index contributed by atoms with van der Waals surface area (Å²) in [6.07, 6.45) is 0.435. The van der Waals surface area contributed by atoms with E-state index < -0.39 is 12.1 Å². The number of carbonyl (C=O) groups excluding carboxylic acids is 2. The van der Waals surface area contributed by atoms with Gasteiger partial charge in [0.05, 0.1) is 18.1 Å². The lowest BCUT2D eigenvalue weighted by molar-refractivity contribution is -0.120. The third-order valence-electron chi connectivity index (χ3n) is 4.77. The van der Waals surface area contributed by atoms with Gasteiger partial charge in [0.2, 0.25) is 0 Å². The van der Waals surface area contributed by atoms with Crippen LogP contribution in [0.1, 0.15) is 11.4 Å². The van der Waals surface area contributed by atoms with Gasteiger partial charge in [-0.3, -0.25) is 10.1 Å². The molecule has 1 atom stereocenters. The highest BCUT2D eigenvalue weighted by Gasteiger charge is 2.29. The van der Waals surface area contributed by atoms with Gasteiger partial charge in [0.1, 0.15) is 30.0 Å². The minimum absolute atomic E-state index is 0.302. The Morgan fingerprint density at radius 2 is 1.86 bits per heavy atom. The first-order chi connectivity index (χ1) is 13.5. The van der Waals surface area contributed by atoms with Crippen molar-refractivity contribution in [2.75, 3.05) is 7.11 Å². The van der Waals surface area contributed by atoms with Crippen molar-refractivity contribution >= 4 is 23.0 Å². The molecule has 144 valence electrons. The summed E-state index contributed by atoms with van der Waals surface area (Å²) in [5, 5.41) is 4.82. The fourth-order valence-corrected chi connectivity index (χ4v) is 3.18. The topological polar surface area (TPSA) is 94.5 Å². The van der Waals surface area contributed by atoms with Crippen LogP contribution >= 0.6 is 0 Å². The van der Waals surface area contributed by atoms with Gasteiger partial charge < -0.3 is 19.4 Å². The second kappa shape index (κ2) is 7.22. The Hall–Kier alpha value is -3.55. The Labute approximate surface area is 161 Å². The molecule has 28 heavy (non-hydrogen) atoms. The number of aromatic nitrogens is 2. The second-order valence-corrected chi connectivity index (χ2v) is 6.59. The first-order valence-electron chi connectivity index (χ1n) is 8.86. The van der Waals surface area contributed by atoms with E-state index in [-0.39, 0.29) is 5.91 Å². The van der Waals surface area contributed by atoms with Gasteiger partial charge in [-0.25, -0.2) is 9.78 Å². The number of amides is 3. The van der Waals surface area contributed by atoms with Crippen LogP contribution in [0, 0.1) is 0 Å². The Bertz CT molecular complexity index is 1040. The highest BCUT2D eigenvalue weighted by Crippen LogP contribution is 2.22. The summed E-state index contributed by atoms with van der Waals surface area (Å²) in [4.78, 5) is 27.4. The molecule has 1 aromatic heterocycles.